The van der Waals surface area contributed by atoms with Gasteiger partial charge in [0.15, 0.2) is 0 Å². The van der Waals surface area contributed by atoms with Crippen LogP contribution in [0.25, 0.3) is 0 Å². The van der Waals surface area contributed by atoms with Crippen LogP contribution < -0.4 is 9.47 Å². The smallest absolute Gasteiger partial charge is 0.119 e. The first-order chi connectivity index (χ1) is 14.3. The molecule has 0 N–H and O–H groups in total. The molecule has 3 aromatic rings. The molecule has 0 aromatic heterocycles. The van der Waals surface area contributed by atoms with Gasteiger partial charge in [-0.25, -0.2) is 0 Å². The van der Waals surface area contributed by atoms with E-state index in [1.54, 1.807) is 0 Å². The Labute approximate surface area is 175 Å². The number of unbranched alkanes of at least 4 members (excludes halogenated alkanes) is 2. The Morgan fingerprint density at radius 1 is 0.552 bits per heavy atom. The summed E-state index contributed by atoms with van der Waals surface area (Å²) >= 11 is 0. The van der Waals surface area contributed by atoms with Crippen molar-refractivity contribution in [3.63, 3.8) is 0 Å². The van der Waals surface area contributed by atoms with E-state index in [0.29, 0.717) is 0 Å². The lowest BCUT2D eigenvalue weighted by atomic mass is 9.85. The summed E-state index contributed by atoms with van der Waals surface area (Å²) < 4.78 is 11.7. The van der Waals surface area contributed by atoms with Crippen LogP contribution in [0.2, 0.25) is 0 Å². The van der Waals surface area contributed by atoms with Crippen molar-refractivity contribution in [1.82, 2.24) is 0 Å². The molecule has 0 bridgehead atoms. The van der Waals surface area contributed by atoms with Crippen LogP contribution in [0.3, 0.4) is 0 Å². The van der Waals surface area contributed by atoms with Crippen LogP contribution in [0.4, 0.5) is 0 Å². The van der Waals surface area contributed by atoms with E-state index in [0.717, 1.165) is 50.4 Å². The highest BCUT2D eigenvalue weighted by Gasteiger charge is 2.18. The van der Waals surface area contributed by atoms with Crippen LogP contribution in [0.15, 0.2) is 78.9 Å². The van der Waals surface area contributed by atoms with Crippen LogP contribution in [0.5, 0.6) is 11.5 Å². The number of benzene rings is 3. The van der Waals surface area contributed by atoms with Gasteiger partial charge in [0, 0.05) is 0 Å². The minimum absolute atomic E-state index is 0.768. The number of hydrogen-bond acceptors (Lipinski definition) is 2. The van der Waals surface area contributed by atoms with Crippen LogP contribution in [-0.2, 0) is 0 Å². The van der Waals surface area contributed by atoms with Crippen molar-refractivity contribution in [2.45, 2.75) is 39.5 Å². The highest BCUT2D eigenvalue weighted by Crippen LogP contribution is 2.32. The molecule has 0 fully saturated rings. The normalized spacial score (nSPS) is 10.9. The van der Waals surface area contributed by atoms with Crippen LogP contribution in [0, 0.1) is 5.92 Å². The minimum Gasteiger partial charge on any atom is -0.494 e. The zero-order valence-electron chi connectivity index (χ0n) is 17.6. The van der Waals surface area contributed by atoms with Gasteiger partial charge in [0.1, 0.15) is 11.5 Å². The Bertz CT molecular complexity index is 769. The van der Waals surface area contributed by atoms with Gasteiger partial charge in [0.05, 0.1) is 19.1 Å². The van der Waals surface area contributed by atoms with Crippen LogP contribution in [0.1, 0.15) is 56.2 Å². The Morgan fingerprint density at radius 2 is 0.966 bits per heavy atom. The largest absolute Gasteiger partial charge is 0.494 e. The van der Waals surface area contributed by atoms with Crippen molar-refractivity contribution in [1.29, 1.82) is 0 Å². The fourth-order valence-electron chi connectivity index (χ4n) is 3.21. The van der Waals surface area contributed by atoms with Gasteiger partial charge in [-0.05, 0) is 53.8 Å². The molecular weight excluding hydrogens is 356 g/mol. The zero-order valence-corrected chi connectivity index (χ0v) is 17.6. The third-order valence-electron chi connectivity index (χ3n) is 4.88. The first-order valence-electron chi connectivity index (χ1n) is 10.7. The fourth-order valence-corrected chi connectivity index (χ4v) is 3.21. The first-order valence-corrected chi connectivity index (χ1v) is 10.7. The molecule has 0 aliphatic carbocycles. The monoisotopic (exact) mass is 387 g/mol. The van der Waals surface area contributed by atoms with Crippen molar-refractivity contribution >= 4 is 0 Å². The maximum Gasteiger partial charge on any atom is 0.119 e. The SMILES string of the molecule is CCCCOc1ccc([C](c2ccccc2)c2ccc(OCCCC)cc2)cc1. The average Bonchev–Trinajstić information content (AvgIpc) is 2.77. The predicted molar refractivity (Wildman–Crippen MR) is 121 cm³/mol. The van der Waals surface area contributed by atoms with Gasteiger partial charge in [-0.1, -0.05) is 81.3 Å². The highest BCUT2D eigenvalue weighted by molar-refractivity contribution is 5.58. The summed E-state index contributed by atoms with van der Waals surface area (Å²) in [5, 5.41) is 0. The van der Waals surface area contributed by atoms with E-state index in [2.05, 4.69) is 92.7 Å². The van der Waals surface area contributed by atoms with Crippen molar-refractivity contribution in [3.8, 4) is 11.5 Å². The zero-order chi connectivity index (χ0) is 20.3. The summed E-state index contributed by atoms with van der Waals surface area (Å²) in [4.78, 5) is 0. The standard InChI is InChI=1S/C27H31O2/c1-3-5-20-28-25-16-12-23(13-17-25)27(22-10-8-7-9-11-22)24-14-18-26(19-15-24)29-21-6-4-2/h7-19H,3-6,20-21H2,1-2H3. The summed E-state index contributed by atoms with van der Waals surface area (Å²) in [6.45, 7) is 5.89. The number of ether oxygens (including phenoxy) is 2. The van der Waals surface area contributed by atoms with Gasteiger partial charge in [-0.3, -0.25) is 0 Å². The van der Waals surface area contributed by atoms with E-state index >= 15 is 0 Å². The molecule has 1 radical (unpaired) electrons. The van der Waals surface area contributed by atoms with E-state index in [9.17, 15) is 0 Å². The second-order valence-corrected chi connectivity index (χ2v) is 7.19. The molecule has 0 unspecified atom stereocenters. The summed E-state index contributed by atoms with van der Waals surface area (Å²) in [6, 6.07) is 27.4. The molecule has 0 amide bonds. The maximum absolute atomic E-state index is 5.83. The van der Waals surface area contributed by atoms with Gasteiger partial charge in [0.2, 0.25) is 0 Å². The molecule has 29 heavy (non-hydrogen) atoms. The van der Waals surface area contributed by atoms with Gasteiger partial charge >= 0.3 is 0 Å². The lowest BCUT2D eigenvalue weighted by Crippen LogP contribution is -2.05. The third kappa shape index (κ3) is 6.12. The maximum atomic E-state index is 5.83. The molecule has 0 atom stereocenters. The van der Waals surface area contributed by atoms with E-state index in [-0.39, 0.29) is 0 Å². The molecule has 0 saturated heterocycles. The Hall–Kier alpha value is -2.74. The summed E-state index contributed by atoms with van der Waals surface area (Å²) in [5.74, 6) is 3.06. The molecule has 0 saturated carbocycles. The van der Waals surface area contributed by atoms with Gasteiger partial charge < -0.3 is 9.47 Å². The van der Waals surface area contributed by atoms with Crippen molar-refractivity contribution in [3.05, 3.63) is 101 Å². The number of hydrogen-bond donors (Lipinski definition) is 0. The number of rotatable bonds is 11. The molecule has 3 rings (SSSR count). The minimum atomic E-state index is 0.768. The highest BCUT2D eigenvalue weighted by atomic mass is 16.5. The Balaban J connectivity index is 1.82. The lowest BCUT2D eigenvalue weighted by molar-refractivity contribution is 0.309. The molecule has 0 aliphatic heterocycles. The molecule has 3 aromatic carbocycles. The third-order valence-corrected chi connectivity index (χ3v) is 4.88. The summed E-state index contributed by atoms with van der Waals surface area (Å²) in [7, 11) is 0. The van der Waals surface area contributed by atoms with Crippen LogP contribution in [-0.4, -0.2) is 13.2 Å². The lowest BCUT2D eigenvalue weighted by Gasteiger charge is -2.19. The average molecular weight is 388 g/mol. The van der Waals surface area contributed by atoms with E-state index in [4.69, 9.17) is 9.47 Å². The van der Waals surface area contributed by atoms with E-state index < -0.39 is 0 Å². The van der Waals surface area contributed by atoms with Crippen molar-refractivity contribution in [2.75, 3.05) is 13.2 Å². The van der Waals surface area contributed by atoms with Gasteiger partial charge in [0.25, 0.3) is 0 Å². The summed E-state index contributed by atoms with van der Waals surface area (Å²) in [6.07, 6.45) is 4.44. The molecule has 0 aliphatic rings. The molecule has 2 nitrogen and oxygen atoms in total. The fraction of sp³-hybridized carbons (Fsp3) is 0.296. The topological polar surface area (TPSA) is 18.5 Å². The molecule has 151 valence electrons. The molecule has 0 spiro atoms. The van der Waals surface area contributed by atoms with E-state index in [1.807, 2.05) is 0 Å². The second kappa shape index (κ2) is 11.3. The first kappa shape index (κ1) is 21.0. The predicted octanol–water partition coefficient (Wildman–Crippen LogP) is 7.06. The van der Waals surface area contributed by atoms with Crippen molar-refractivity contribution < 1.29 is 9.47 Å². The van der Waals surface area contributed by atoms with Crippen LogP contribution >= 0.6 is 0 Å². The second-order valence-electron chi connectivity index (χ2n) is 7.19. The Kier molecular flexibility index (Phi) is 8.18. The Morgan fingerprint density at radius 3 is 1.38 bits per heavy atom. The van der Waals surface area contributed by atoms with E-state index in [1.165, 1.54) is 22.6 Å². The summed E-state index contributed by atoms with van der Waals surface area (Å²) in [5.41, 5.74) is 3.56. The molecule has 2 heteroatoms. The van der Waals surface area contributed by atoms with Gasteiger partial charge in [-0.2, -0.15) is 0 Å². The molecule has 0 heterocycles. The quantitative estimate of drug-likeness (QED) is 0.259. The van der Waals surface area contributed by atoms with Gasteiger partial charge in [-0.15, -0.1) is 0 Å². The van der Waals surface area contributed by atoms with Crippen molar-refractivity contribution in [2.24, 2.45) is 0 Å². The molecular formula is C27H31O2.